The Labute approximate surface area is 185 Å². The van der Waals surface area contributed by atoms with Gasteiger partial charge in [0.15, 0.2) is 14.1 Å². The van der Waals surface area contributed by atoms with Gasteiger partial charge < -0.3 is 8.54 Å². The molecular formula is C25H40O3Si2. The Hall–Kier alpha value is -0.676. The standard InChI is InChI=1S/C25H40O3Si2/c1-8-25(27-30(6,7)28-29(3,4)5)16-14-23-22-11-9-18-17-19(26)10-12-20(18)21(22)13-15-24(23,25)2/h1,17,20-23H,9-16H2,2-7H3/t20-,21+,22+,23-,24-,25-/m0/s1. The lowest BCUT2D eigenvalue weighted by Crippen LogP contribution is -2.58. The van der Waals surface area contributed by atoms with Crippen molar-refractivity contribution >= 4 is 22.7 Å². The number of carbonyl (C=O) groups is 1. The number of hydrogen-bond donors (Lipinski definition) is 0. The van der Waals surface area contributed by atoms with Gasteiger partial charge in [0.05, 0.1) is 0 Å². The van der Waals surface area contributed by atoms with E-state index in [4.69, 9.17) is 15.0 Å². The molecule has 6 atom stereocenters. The molecule has 0 aliphatic heterocycles. The van der Waals surface area contributed by atoms with Gasteiger partial charge in [0.1, 0.15) is 5.60 Å². The normalized spacial score (nSPS) is 41.4. The second-order valence-corrected chi connectivity index (χ2v) is 20.0. The van der Waals surface area contributed by atoms with Crippen LogP contribution in [0.2, 0.25) is 32.7 Å². The molecule has 0 unspecified atom stereocenters. The number of rotatable bonds is 4. The van der Waals surface area contributed by atoms with Crippen LogP contribution in [0.4, 0.5) is 0 Å². The van der Waals surface area contributed by atoms with Crippen LogP contribution in [0.5, 0.6) is 0 Å². The van der Waals surface area contributed by atoms with Crippen LogP contribution in [0.25, 0.3) is 0 Å². The van der Waals surface area contributed by atoms with E-state index in [0.29, 0.717) is 17.6 Å². The Balaban J connectivity index is 1.59. The molecule has 3 saturated carbocycles. The largest absolute Gasteiger partial charge is 0.436 e. The van der Waals surface area contributed by atoms with E-state index < -0.39 is 22.5 Å². The molecule has 0 N–H and O–H groups in total. The molecule has 0 amide bonds. The SMILES string of the molecule is C#C[C@]1(O[Si](C)(C)O[Si](C)(C)C)CC[C@H]2[C@@H]3CCC4=CC(=O)CC[C@@H]4[C@H]3CC[C@@]21C. The van der Waals surface area contributed by atoms with Gasteiger partial charge in [-0.25, -0.2) is 0 Å². The highest BCUT2D eigenvalue weighted by molar-refractivity contribution is 6.81. The molecule has 5 heteroatoms. The molecule has 0 bridgehead atoms. The number of terminal acetylenes is 1. The van der Waals surface area contributed by atoms with Gasteiger partial charge in [0, 0.05) is 11.8 Å². The first-order valence-electron chi connectivity index (χ1n) is 12.0. The maximum absolute atomic E-state index is 11.9. The fourth-order valence-electron chi connectivity index (χ4n) is 7.79. The van der Waals surface area contributed by atoms with Crippen LogP contribution in [0.3, 0.4) is 0 Å². The van der Waals surface area contributed by atoms with Crippen LogP contribution in [0.1, 0.15) is 58.3 Å². The Bertz CT molecular complexity index is 789. The third kappa shape index (κ3) is 3.72. The molecule has 4 rings (SSSR count). The second-order valence-electron chi connectivity index (χ2n) is 12.0. The summed E-state index contributed by atoms with van der Waals surface area (Å²) >= 11 is 0. The van der Waals surface area contributed by atoms with Gasteiger partial charge in [-0.3, -0.25) is 4.79 Å². The molecule has 30 heavy (non-hydrogen) atoms. The number of allylic oxidation sites excluding steroid dienone is 1. The fraction of sp³-hybridized carbons (Fsp3) is 0.800. The van der Waals surface area contributed by atoms with Gasteiger partial charge in [-0.1, -0.05) is 18.4 Å². The summed E-state index contributed by atoms with van der Waals surface area (Å²) in [6, 6.07) is 0. The molecule has 4 aliphatic carbocycles. The van der Waals surface area contributed by atoms with Gasteiger partial charge in [-0.15, -0.1) is 6.42 Å². The molecular weight excluding hydrogens is 404 g/mol. The minimum atomic E-state index is -2.33. The summed E-state index contributed by atoms with van der Waals surface area (Å²) in [7, 11) is -4.02. The van der Waals surface area contributed by atoms with Crippen molar-refractivity contribution in [1.29, 1.82) is 0 Å². The molecule has 0 heterocycles. The highest BCUT2D eigenvalue weighted by Gasteiger charge is 2.64. The van der Waals surface area contributed by atoms with Crippen LogP contribution < -0.4 is 0 Å². The average molecular weight is 445 g/mol. The molecule has 3 nitrogen and oxygen atoms in total. The Morgan fingerprint density at radius 1 is 1.03 bits per heavy atom. The lowest BCUT2D eigenvalue weighted by Gasteiger charge is -2.56. The smallest absolute Gasteiger partial charge is 0.322 e. The van der Waals surface area contributed by atoms with E-state index in [1.807, 2.05) is 6.08 Å². The number of hydrogen-bond acceptors (Lipinski definition) is 3. The Morgan fingerprint density at radius 3 is 2.43 bits per heavy atom. The molecule has 0 spiro atoms. The minimum Gasteiger partial charge on any atom is -0.436 e. The van der Waals surface area contributed by atoms with E-state index in [1.54, 1.807) is 0 Å². The molecule has 0 aromatic rings. The summed E-state index contributed by atoms with van der Waals surface area (Å²) in [6.45, 7) is 13.5. The highest BCUT2D eigenvalue weighted by Crippen LogP contribution is 2.66. The molecule has 0 aromatic heterocycles. The third-order valence-corrected chi connectivity index (χ3v) is 13.9. The van der Waals surface area contributed by atoms with Crippen molar-refractivity contribution < 1.29 is 13.3 Å². The van der Waals surface area contributed by atoms with Crippen LogP contribution in [-0.2, 0) is 13.3 Å². The molecule has 0 saturated heterocycles. The van der Waals surface area contributed by atoms with Gasteiger partial charge in [-0.2, -0.15) is 0 Å². The van der Waals surface area contributed by atoms with Crippen molar-refractivity contribution in [1.82, 2.24) is 0 Å². The topological polar surface area (TPSA) is 35.5 Å². The van der Waals surface area contributed by atoms with Crippen LogP contribution in [0, 0.1) is 41.4 Å². The maximum atomic E-state index is 11.9. The molecule has 4 aliphatic rings. The zero-order valence-electron chi connectivity index (χ0n) is 19.8. The summed E-state index contributed by atoms with van der Waals surface area (Å²) in [5.41, 5.74) is 0.990. The van der Waals surface area contributed by atoms with E-state index in [-0.39, 0.29) is 5.41 Å². The molecule has 3 fully saturated rings. The minimum absolute atomic E-state index is 0.0295. The third-order valence-electron chi connectivity index (χ3n) is 8.62. The van der Waals surface area contributed by atoms with Gasteiger partial charge in [0.2, 0.25) is 0 Å². The monoisotopic (exact) mass is 444 g/mol. The first kappa shape index (κ1) is 22.5. The molecule has 166 valence electrons. The van der Waals surface area contributed by atoms with Crippen LogP contribution >= 0.6 is 0 Å². The van der Waals surface area contributed by atoms with Crippen molar-refractivity contribution in [3.05, 3.63) is 11.6 Å². The first-order chi connectivity index (χ1) is 13.9. The lowest BCUT2D eigenvalue weighted by atomic mass is 9.50. The Morgan fingerprint density at radius 2 is 1.77 bits per heavy atom. The van der Waals surface area contributed by atoms with Crippen molar-refractivity contribution in [2.24, 2.45) is 29.1 Å². The predicted molar refractivity (Wildman–Crippen MR) is 127 cm³/mol. The quantitative estimate of drug-likeness (QED) is 0.390. The van der Waals surface area contributed by atoms with Crippen molar-refractivity contribution in [2.75, 3.05) is 0 Å². The van der Waals surface area contributed by atoms with Crippen molar-refractivity contribution in [3.63, 3.8) is 0 Å². The average Bonchev–Trinajstić information content (AvgIpc) is 2.91. The number of ketones is 1. The first-order valence-corrected chi connectivity index (χ1v) is 18.2. The van der Waals surface area contributed by atoms with Gasteiger partial charge in [-0.05, 0) is 107 Å². The molecule has 0 radical (unpaired) electrons. The predicted octanol–water partition coefficient (Wildman–Crippen LogP) is 6.07. The van der Waals surface area contributed by atoms with E-state index in [0.717, 1.165) is 43.9 Å². The zero-order valence-corrected chi connectivity index (χ0v) is 21.8. The highest BCUT2D eigenvalue weighted by atomic mass is 28.4. The summed E-state index contributed by atoms with van der Waals surface area (Å²) in [5, 5.41) is 0. The van der Waals surface area contributed by atoms with Crippen LogP contribution in [0.15, 0.2) is 11.6 Å². The van der Waals surface area contributed by atoms with Gasteiger partial charge in [0.25, 0.3) is 0 Å². The Kier molecular flexibility index (Phi) is 5.58. The number of fused-ring (bicyclic) bond motifs is 5. The van der Waals surface area contributed by atoms with Crippen LogP contribution in [-0.4, -0.2) is 28.3 Å². The van der Waals surface area contributed by atoms with E-state index in [2.05, 4.69) is 45.6 Å². The summed E-state index contributed by atoms with van der Waals surface area (Å²) in [5.74, 6) is 6.27. The fourth-order valence-corrected chi connectivity index (χ4v) is 15.1. The van der Waals surface area contributed by atoms with E-state index >= 15 is 0 Å². The lowest BCUT2D eigenvalue weighted by molar-refractivity contribution is -0.116. The van der Waals surface area contributed by atoms with E-state index in [9.17, 15) is 4.79 Å². The summed E-state index contributed by atoms with van der Waals surface area (Å²) < 4.78 is 13.5. The zero-order chi connectivity index (χ0) is 21.9. The van der Waals surface area contributed by atoms with Gasteiger partial charge >= 0.3 is 8.56 Å². The van der Waals surface area contributed by atoms with Crippen molar-refractivity contribution in [2.45, 2.75) is 96.6 Å². The molecule has 0 aromatic carbocycles. The summed E-state index contributed by atoms with van der Waals surface area (Å²) in [4.78, 5) is 11.9. The second kappa shape index (κ2) is 7.44. The summed E-state index contributed by atoms with van der Waals surface area (Å²) in [6.07, 6.45) is 16.9. The van der Waals surface area contributed by atoms with Crippen molar-refractivity contribution in [3.8, 4) is 12.3 Å². The number of carbonyl (C=O) groups excluding carboxylic acids is 1. The maximum Gasteiger partial charge on any atom is 0.322 e. The van der Waals surface area contributed by atoms with E-state index in [1.165, 1.54) is 24.8 Å².